The Kier molecular flexibility index (Phi) is 8.71. The maximum Gasteiger partial charge on any atom is 0.176 e. The second-order valence-electron chi connectivity index (χ2n) is 4.71. The Morgan fingerprint density at radius 2 is 1.26 bits per heavy atom. The van der Waals surface area contributed by atoms with E-state index in [1.54, 1.807) is 0 Å². The Morgan fingerprint density at radius 1 is 0.947 bits per heavy atom. The van der Waals surface area contributed by atoms with Crippen LogP contribution in [0.2, 0.25) is 0 Å². The Morgan fingerprint density at radius 3 is 1.47 bits per heavy atom. The predicted molar refractivity (Wildman–Crippen MR) is 69.1 cm³/mol. The molecule has 0 rings (SSSR count). The first-order valence-corrected chi connectivity index (χ1v) is 7.94. The monoisotopic (exact) mass is 299 g/mol. The van der Waals surface area contributed by atoms with Crippen molar-refractivity contribution in [1.82, 2.24) is 0 Å². The summed E-state index contributed by atoms with van der Waals surface area (Å²) >= 11 is 0. The molecule has 0 aromatic carbocycles. The molecule has 0 spiro atoms. The van der Waals surface area contributed by atoms with Crippen molar-refractivity contribution in [3.8, 4) is 0 Å². The molecule has 0 aromatic rings. The standard InChI is InChI=1S/C11H25NO6S/c1-11(19(16,17)18)12(5-2-8-13,6-3-9-14)7-4-10-15/h11,13-15H,2-10H2,1H3. The van der Waals surface area contributed by atoms with Crippen LogP contribution in [0.4, 0.5) is 0 Å². The molecule has 0 fully saturated rings. The van der Waals surface area contributed by atoms with Gasteiger partial charge in [0.05, 0.1) is 19.6 Å². The van der Waals surface area contributed by atoms with E-state index < -0.39 is 15.5 Å². The van der Waals surface area contributed by atoms with Gasteiger partial charge in [-0.3, -0.25) is 0 Å². The molecule has 0 aliphatic carbocycles. The first-order valence-electron chi connectivity index (χ1n) is 6.47. The summed E-state index contributed by atoms with van der Waals surface area (Å²) in [5.74, 6) is 0. The van der Waals surface area contributed by atoms with E-state index in [1.165, 1.54) is 6.92 Å². The van der Waals surface area contributed by atoms with Crippen LogP contribution in [-0.2, 0) is 10.1 Å². The van der Waals surface area contributed by atoms with Gasteiger partial charge in [-0.1, -0.05) is 0 Å². The van der Waals surface area contributed by atoms with Crippen molar-refractivity contribution in [2.24, 2.45) is 0 Å². The van der Waals surface area contributed by atoms with Crippen LogP contribution in [0.5, 0.6) is 0 Å². The van der Waals surface area contributed by atoms with Gasteiger partial charge >= 0.3 is 0 Å². The van der Waals surface area contributed by atoms with Crippen LogP contribution in [0, 0.1) is 0 Å². The van der Waals surface area contributed by atoms with Crippen molar-refractivity contribution in [2.75, 3.05) is 39.5 Å². The van der Waals surface area contributed by atoms with Crippen LogP contribution in [0.1, 0.15) is 26.2 Å². The van der Waals surface area contributed by atoms with Crippen LogP contribution in [-0.4, -0.2) is 77.6 Å². The molecule has 1 atom stereocenters. The van der Waals surface area contributed by atoms with Crippen LogP contribution in [0.15, 0.2) is 0 Å². The van der Waals surface area contributed by atoms with Crippen molar-refractivity contribution in [2.45, 2.75) is 31.6 Å². The lowest BCUT2D eigenvalue weighted by Gasteiger charge is -2.44. The largest absolute Gasteiger partial charge is 0.743 e. The normalized spacial score (nSPS) is 14.6. The van der Waals surface area contributed by atoms with E-state index in [9.17, 15) is 13.0 Å². The molecule has 0 aliphatic rings. The first kappa shape index (κ1) is 18.8. The Bertz CT molecular complexity index is 310. The number of aliphatic hydroxyl groups is 3. The average Bonchev–Trinajstić information content (AvgIpc) is 2.36. The van der Waals surface area contributed by atoms with Gasteiger partial charge in [0.25, 0.3) is 0 Å². The fourth-order valence-electron chi connectivity index (χ4n) is 2.31. The van der Waals surface area contributed by atoms with Gasteiger partial charge in [0.2, 0.25) is 0 Å². The molecule has 0 radical (unpaired) electrons. The molecule has 0 heterocycles. The lowest BCUT2D eigenvalue weighted by atomic mass is 10.2. The Hall–Kier alpha value is -0.250. The minimum atomic E-state index is -4.47. The van der Waals surface area contributed by atoms with Crippen LogP contribution in [0.3, 0.4) is 0 Å². The zero-order chi connectivity index (χ0) is 14.9. The fraction of sp³-hybridized carbons (Fsp3) is 1.00. The third kappa shape index (κ3) is 6.15. The fourth-order valence-corrected chi connectivity index (χ4v) is 3.18. The van der Waals surface area contributed by atoms with E-state index in [0.29, 0.717) is 38.9 Å². The minimum absolute atomic E-state index is 0.0203. The molecule has 19 heavy (non-hydrogen) atoms. The quantitative estimate of drug-likeness (QED) is 0.327. The van der Waals surface area contributed by atoms with E-state index in [1.807, 2.05) is 0 Å². The van der Waals surface area contributed by atoms with E-state index in [4.69, 9.17) is 15.3 Å². The molecule has 1 unspecified atom stereocenters. The van der Waals surface area contributed by atoms with E-state index in [0.717, 1.165) is 0 Å². The van der Waals surface area contributed by atoms with Crippen molar-refractivity contribution < 1.29 is 32.8 Å². The van der Waals surface area contributed by atoms with Gasteiger partial charge in [-0.25, -0.2) is 8.42 Å². The smallest absolute Gasteiger partial charge is 0.176 e. The number of hydrogen-bond donors (Lipinski definition) is 3. The molecule has 0 aromatic heterocycles. The highest BCUT2D eigenvalue weighted by Gasteiger charge is 2.36. The average molecular weight is 299 g/mol. The summed E-state index contributed by atoms with van der Waals surface area (Å²) < 4.78 is 33.9. The van der Waals surface area contributed by atoms with Crippen LogP contribution >= 0.6 is 0 Å². The number of nitrogens with zero attached hydrogens (tertiary/aromatic N) is 1. The number of quaternary nitrogens is 1. The van der Waals surface area contributed by atoms with Crippen molar-refractivity contribution >= 4 is 10.1 Å². The summed E-state index contributed by atoms with van der Waals surface area (Å²) in [7, 11) is -4.47. The molecule has 0 bridgehead atoms. The van der Waals surface area contributed by atoms with Gasteiger partial charge in [0.1, 0.15) is 10.1 Å². The summed E-state index contributed by atoms with van der Waals surface area (Å²) in [4.78, 5) is 0. The molecular weight excluding hydrogens is 274 g/mol. The summed E-state index contributed by atoms with van der Waals surface area (Å²) in [5, 5.41) is 25.6. The maximum absolute atomic E-state index is 11.3. The number of hydrogen-bond acceptors (Lipinski definition) is 6. The Balaban J connectivity index is 5.19. The zero-order valence-corrected chi connectivity index (χ0v) is 12.2. The summed E-state index contributed by atoms with van der Waals surface area (Å²) in [5.41, 5.74) is 0. The van der Waals surface area contributed by atoms with Crippen molar-refractivity contribution in [3.05, 3.63) is 0 Å². The molecule has 0 aliphatic heterocycles. The second kappa shape index (κ2) is 8.83. The number of aliphatic hydroxyl groups excluding tert-OH is 3. The molecule has 116 valence electrons. The Labute approximate surface area is 114 Å². The van der Waals surface area contributed by atoms with Gasteiger partial charge in [0.15, 0.2) is 5.37 Å². The van der Waals surface area contributed by atoms with Crippen molar-refractivity contribution in [1.29, 1.82) is 0 Å². The highest BCUT2D eigenvalue weighted by molar-refractivity contribution is 7.86. The van der Waals surface area contributed by atoms with Gasteiger partial charge in [-0.2, -0.15) is 0 Å². The van der Waals surface area contributed by atoms with Gasteiger partial charge in [0, 0.05) is 46.0 Å². The lowest BCUT2D eigenvalue weighted by Crippen LogP contribution is -2.59. The molecule has 0 saturated heterocycles. The predicted octanol–water partition coefficient (Wildman–Crippen LogP) is -1.16. The minimum Gasteiger partial charge on any atom is -0.743 e. The second-order valence-corrected chi connectivity index (χ2v) is 6.38. The topological polar surface area (TPSA) is 118 Å². The highest BCUT2D eigenvalue weighted by Crippen LogP contribution is 2.21. The van der Waals surface area contributed by atoms with Gasteiger partial charge in [-0.15, -0.1) is 0 Å². The molecule has 0 amide bonds. The van der Waals surface area contributed by atoms with E-state index >= 15 is 0 Å². The summed E-state index contributed by atoms with van der Waals surface area (Å²) in [6.45, 7) is 2.07. The molecule has 3 N–H and O–H groups in total. The van der Waals surface area contributed by atoms with E-state index in [-0.39, 0.29) is 24.3 Å². The lowest BCUT2D eigenvalue weighted by molar-refractivity contribution is -0.937. The van der Waals surface area contributed by atoms with Crippen LogP contribution in [0.25, 0.3) is 0 Å². The summed E-state index contributed by atoms with van der Waals surface area (Å²) in [6, 6.07) is 0. The third-order valence-electron chi connectivity index (χ3n) is 3.47. The molecule has 0 saturated carbocycles. The third-order valence-corrected chi connectivity index (χ3v) is 4.76. The number of rotatable bonds is 11. The zero-order valence-electron chi connectivity index (χ0n) is 11.4. The van der Waals surface area contributed by atoms with E-state index in [2.05, 4.69) is 0 Å². The highest BCUT2D eigenvalue weighted by atomic mass is 32.2. The van der Waals surface area contributed by atoms with Gasteiger partial charge in [-0.05, 0) is 0 Å². The first-order chi connectivity index (χ1) is 8.84. The SMILES string of the molecule is CC([N+](CCCO)(CCCO)CCCO)S(=O)(=O)[O-]. The summed E-state index contributed by atoms with van der Waals surface area (Å²) in [6.07, 6.45) is 1.12. The molecular formula is C11H25NO6S. The molecule has 7 nitrogen and oxygen atoms in total. The van der Waals surface area contributed by atoms with Gasteiger partial charge < -0.3 is 24.4 Å². The van der Waals surface area contributed by atoms with Crippen LogP contribution < -0.4 is 0 Å². The maximum atomic E-state index is 11.3. The molecule has 8 heteroatoms. The van der Waals surface area contributed by atoms with Crippen molar-refractivity contribution in [3.63, 3.8) is 0 Å².